The molecule has 26 heavy (non-hydrogen) atoms. The number of esters is 1. The summed E-state index contributed by atoms with van der Waals surface area (Å²) in [5.41, 5.74) is 1.57. The van der Waals surface area contributed by atoms with Crippen molar-refractivity contribution in [2.75, 3.05) is 11.9 Å². The summed E-state index contributed by atoms with van der Waals surface area (Å²) in [4.78, 5) is 26.0. The first-order valence-corrected chi connectivity index (χ1v) is 9.78. The normalized spacial score (nSPS) is 16.5. The van der Waals surface area contributed by atoms with Gasteiger partial charge in [-0.1, -0.05) is 13.3 Å². The van der Waals surface area contributed by atoms with E-state index in [0.29, 0.717) is 28.8 Å². The highest BCUT2D eigenvalue weighted by molar-refractivity contribution is 7.17. The molecule has 0 fully saturated rings. The van der Waals surface area contributed by atoms with Crippen molar-refractivity contribution < 1.29 is 18.7 Å². The van der Waals surface area contributed by atoms with Gasteiger partial charge in [-0.05, 0) is 55.9 Å². The molecule has 0 saturated carbocycles. The number of carbonyl (C=O) groups excluding carboxylic acids is 2. The third-order valence-electron chi connectivity index (χ3n) is 4.60. The Bertz CT molecular complexity index is 804. The topological polar surface area (TPSA) is 68.5 Å². The van der Waals surface area contributed by atoms with Gasteiger partial charge in [-0.15, -0.1) is 11.3 Å². The highest BCUT2D eigenvalue weighted by Gasteiger charge is 2.29. The molecule has 5 nitrogen and oxygen atoms in total. The van der Waals surface area contributed by atoms with Gasteiger partial charge in [0.15, 0.2) is 0 Å². The van der Waals surface area contributed by atoms with Gasteiger partial charge in [-0.2, -0.15) is 0 Å². The average molecular weight is 373 g/mol. The van der Waals surface area contributed by atoms with Gasteiger partial charge in [0.05, 0.1) is 18.4 Å². The Labute approximate surface area is 157 Å². The maximum atomic E-state index is 12.5. The van der Waals surface area contributed by atoms with Gasteiger partial charge in [0.25, 0.3) is 0 Å². The second-order valence-corrected chi connectivity index (χ2v) is 7.39. The third kappa shape index (κ3) is 4.07. The van der Waals surface area contributed by atoms with Crippen molar-refractivity contribution in [3.8, 4) is 0 Å². The van der Waals surface area contributed by atoms with Gasteiger partial charge in [0.2, 0.25) is 5.91 Å². The second-order valence-electron chi connectivity index (χ2n) is 6.28. The van der Waals surface area contributed by atoms with Crippen molar-refractivity contribution in [3.05, 3.63) is 46.2 Å². The van der Waals surface area contributed by atoms with E-state index < -0.39 is 0 Å². The van der Waals surface area contributed by atoms with E-state index in [-0.39, 0.29) is 11.9 Å². The van der Waals surface area contributed by atoms with Crippen molar-refractivity contribution in [2.24, 2.45) is 5.92 Å². The molecule has 0 radical (unpaired) electrons. The van der Waals surface area contributed by atoms with Crippen molar-refractivity contribution in [1.82, 2.24) is 0 Å². The van der Waals surface area contributed by atoms with E-state index in [9.17, 15) is 9.59 Å². The molecule has 2 aromatic heterocycles. The van der Waals surface area contributed by atoms with E-state index in [1.807, 2.05) is 0 Å². The van der Waals surface area contributed by atoms with E-state index in [2.05, 4.69) is 12.2 Å². The second kappa shape index (κ2) is 8.36. The number of hydrogen-bond donors (Lipinski definition) is 1. The first-order chi connectivity index (χ1) is 12.6. The molecular formula is C20H23NO4S. The van der Waals surface area contributed by atoms with E-state index in [4.69, 9.17) is 9.15 Å². The summed E-state index contributed by atoms with van der Waals surface area (Å²) >= 11 is 1.50. The van der Waals surface area contributed by atoms with Gasteiger partial charge in [-0.3, -0.25) is 4.79 Å². The van der Waals surface area contributed by atoms with Gasteiger partial charge >= 0.3 is 5.97 Å². The first kappa shape index (κ1) is 18.5. The molecular weight excluding hydrogens is 350 g/mol. The molecule has 6 heteroatoms. The minimum atomic E-state index is -0.356. The summed E-state index contributed by atoms with van der Waals surface area (Å²) in [5, 5.41) is 3.44. The van der Waals surface area contributed by atoms with E-state index in [0.717, 1.165) is 31.2 Å². The molecule has 0 aromatic carbocycles. The monoisotopic (exact) mass is 373 g/mol. The zero-order valence-corrected chi connectivity index (χ0v) is 15.9. The van der Waals surface area contributed by atoms with Crippen LogP contribution in [0.2, 0.25) is 0 Å². The van der Waals surface area contributed by atoms with E-state index in [1.54, 1.807) is 31.4 Å². The molecule has 1 aliphatic carbocycles. The fourth-order valence-corrected chi connectivity index (χ4v) is 4.56. The Hall–Kier alpha value is -2.34. The Morgan fingerprint density at radius 1 is 1.42 bits per heavy atom. The van der Waals surface area contributed by atoms with Crippen LogP contribution in [0.4, 0.5) is 5.00 Å². The number of amides is 1. The zero-order valence-electron chi connectivity index (χ0n) is 15.0. The lowest BCUT2D eigenvalue weighted by atomic mass is 9.85. The van der Waals surface area contributed by atoms with Crippen LogP contribution in [0.5, 0.6) is 0 Å². The minimum absolute atomic E-state index is 0.294. The molecule has 138 valence electrons. The number of thiophene rings is 1. The summed E-state index contributed by atoms with van der Waals surface area (Å²) in [6.45, 7) is 4.29. The van der Waals surface area contributed by atoms with Crippen molar-refractivity contribution >= 4 is 34.3 Å². The third-order valence-corrected chi connectivity index (χ3v) is 5.77. The number of fused-ring (bicyclic) bond motifs is 1. The van der Waals surface area contributed by atoms with Crippen LogP contribution in [0.25, 0.3) is 6.08 Å². The minimum Gasteiger partial charge on any atom is -0.465 e. The lowest BCUT2D eigenvalue weighted by Crippen LogP contribution is -2.16. The van der Waals surface area contributed by atoms with Crippen molar-refractivity contribution in [3.63, 3.8) is 0 Å². The standard InChI is InChI=1S/C20H23NO4S/c1-3-13-7-9-15-16(12-13)26-19(18(15)20(23)24-4-2)21-17(22)10-8-14-6-5-11-25-14/h5-6,8,10-11,13H,3-4,7,9,12H2,1-2H3,(H,21,22)/b10-8+/t13-/m1/s1. The predicted octanol–water partition coefficient (Wildman–Crippen LogP) is 4.68. The molecule has 0 spiro atoms. The number of carbonyl (C=O) groups is 2. The fourth-order valence-electron chi connectivity index (χ4n) is 3.21. The number of nitrogens with one attached hydrogen (secondary N) is 1. The van der Waals surface area contributed by atoms with Crippen LogP contribution in [0, 0.1) is 5.92 Å². The van der Waals surface area contributed by atoms with Crippen molar-refractivity contribution in [1.29, 1.82) is 0 Å². The molecule has 1 aliphatic rings. The molecule has 2 heterocycles. The first-order valence-electron chi connectivity index (χ1n) is 8.96. The van der Waals surface area contributed by atoms with Gasteiger partial charge < -0.3 is 14.5 Å². The highest BCUT2D eigenvalue weighted by Crippen LogP contribution is 2.40. The zero-order chi connectivity index (χ0) is 18.5. The Morgan fingerprint density at radius 2 is 2.27 bits per heavy atom. The average Bonchev–Trinajstić information content (AvgIpc) is 3.26. The summed E-state index contributed by atoms with van der Waals surface area (Å²) in [6, 6.07) is 3.52. The molecule has 0 aliphatic heterocycles. The lowest BCUT2D eigenvalue weighted by molar-refractivity contribution is -0.111. The number of anilines is 1. The molecule has 0 unspecified atom stereocenters. The summed E-state index contributed by atoms with van der Waals surface area (Å²) in [5.74, 6) is 0.587. The largest absolute Gasteiger partial charge is 0.465 e. The lowest BCUT2D eigenvalue weighted by Gasteiger charge is -2.20. The van der Waals surface area contributed by atoms with Crippen LogP contribution in [-0.2, 0) is 22.4 Å². The van der Waals surface area contributed by atoms with Crippen LogP contribution in [-0.4, -0.2) is 18.5 Å². The van der Waals surface area contributed by atoms with Crippen molar-refractivity contribution in [2.45, 2.75) is 39.5 Å². The molecule has 1 atom stereocenters. The molecule has 0 bridgehead atoms. The Kier molecular flexibility index (Phi) is 5.93. The maximum Gasteiger partial charge on any atom is 0.341 e. The summed E-state index contributed by atoms with van der Waals surface area (Å²) < 4.78 is 10.4. The quantitative estimate of drug-likeness (QED) is 0.589. The maximum absolute atomic E-state index is 12.5. The molecule has 2 aromatic rings. The number of hydrogen-bond acceptors (Lipinski definition) is 5. The number of ether oxygens (including phenoxy) is 1. The van der Waals surface area contributed by atoms with Crippen LogP contribution >= 0.6 is 11.3 Å². The molecule has 1 amide bonds. The number of furan rings is 1. The van der Waals surface area contributed by atoms with E-state index >= 15 is 0 Å². The fraction of sp³-hybridized carbons (Fsp3) is 0.400. The highest BCUT2D eigenvalue weighted by atomic mass is 32.1. The SMILES string of the molecule is CCOC(=O)c1c(NC(=O)/C=C/c2ccco2)sc2c1CC[C@@H](CC)C2. The predicted molar refractivity (Wildman–Crippen MR) is 102 cm³/mol. The smallest absolute Gasteiger partial charge is 0.341 e. The summed E-state index contributed by atoms with van der Waals surface area (Å²) in [6.07, 6.45) is 8.56. The molecule has 1 N–H and O–H groups in total. The van der Waals surface area contributed by atoms with Crippen LogP contribution in [0.15, 0.2) is 28.9 Å². The molecule has 3 rings (SSSR count). The van der Waals surface area contributed by atoms with Crippen LogP contribution < -0.4 is 5.32 Å². The summed E-state index contributed by atoms with van der Waals surface area (Å²) in [7, 11) is 0. The Balaban J connectivity index is 1.84. The van der Waals surface area contributed by atoms with Gasteiger partial charge in [0, 0.05) is 11.0 Å². The van der Waals surface area contributed by atoms with E-state index in [1.165, 1.54) is 22.3 Å². The van der Waals surface area contributed by atoms with Crippen LogP contribution in [0.1, 0.15) is 53.2 Å². The number of rotatable bonds is 6. The van der Waals surface area contributed by atoms with Crippen LogP contribution in [0.3, 0.4) is 0 Å². The molecule has 0 saturated heterocycles. The Morgan fingerprint density at radius 3 is 2.96 bits per heavy atom. The van der Waals surface area contributed by atoms with Gasteiger partial charge in [0.1, 0.15) is 10.8 Å². The van der Waals surface area contributed by atoms with Gasteiger partial charge in [-0.25, -0.2) is 4.79 Å².